The lowest BCUT2D eigenvalue weighted by atomic mass is 9.97. The first-order valence-electron chi connectivity index (χ1n) is 8.44. The first-order valence-corrected chi connectivity index (χ1v) is 9.64. The van der Waals surface area contributed by atoms with Crippen molar-refractivity contribution in [2.45, 2.75) is 31.6 Å². The summed E-state index contributed by atoms with van der Waals surface area (Å²) in [5, 5.41) is 7.52. The number of halogens is 1. The van der Waals surface area contributed by atoms with Crippen LogP contribution in [0.1, 0.15) is 35.6 Å². The molecule has 25 heavy (non-hydrogen) atoms. The summed E-state index contributed by atoms with van der Waals surface area (Å²) < 4.78 is 5.13. The van der Waals surface area contributed by atoms with Crippen LogP contribution in [0.15, 0.2) is 24.4 Å². The quantitative estimate of drug-likeness (QED) is 0.800. The Hall–Kier alpha value is -1.63. The van der Waals surface area contributed by atoms with E-state index in [0.717, 1.165) is 31.5 Å². The molecule has 134 valence electrons. The molecule has 1 aromatic carbocycles. The van der Waals surface area contributed by atoms with Gasteiger partial charge in [-0.1, -0.05) is 17.7 Å². The molecule has 1 fully saturated rings. The normalized spacial score (nSPS) is 15.1. The fourth-order valence-corrected chi connectivity index (χ4v) is 4.23. The lowest BCUT2D eigenvalue weighted by Gasteiger charge is -2.20. The van der Waals surface area contributed by atoms with Crippen molar-refractivity contribution in [1.29, 1.82) is 0 Å². The van der Waals surface area contributed by atoms with E-state index >= 15 is 0 Å². The standard InChI is InChI=1S/C18H22ClN3O2S/c1-24-15-4-2-12(10-14(15)19)3-5-17(23)22-18-21-11-16(25-18)13-6-8-20-9-7-13/h2,4,10-11,13,20H,3,5-9H2,1H3,(H,21,22,23). The van der Waals surface area contributed by atoms with Crippen molar-refractivity contribution in [3.8, 4) is 5.75 Å². The highest BCUT2D eigenvalue weighted by atomic mass is 35.5. The van der Waals surface area contributed by atoms with Gasteiger partial charge in [0.05, 0.1) is 12.1 Å². The second-order valence-corrected chi connectivity index (χ2v) is 7.58. The SMILES string of the molecule is COc1ccc(CCC(=O)Nc2ncc(C3CCNCC3)s2)cc1Cl. The Bertz CT molecular complexity index is 729. The van der Waals surface area contributed by atoms with Gasteiger partial charge in [-0.05, 0) is 56.0 Å². The minimum absolute atomic E-state index is 0.0295. The molecule has 0 saturated carbocycles. The van der Waals surface area contributed by atoms with Crippen LogP contribution in [0, 0.1) is 0 Å². The molecule has 1 saturated heterocycles. The van der Waals surface area contributed by atoms with E-state index in [9.17, 15) is 4.79 Å². The van der Waals surface area contributed by atoms with Crippen LogP contribution in [0.3, 0.4) is 0 Å². The van der Waals surface area contributed by atoms with Gasteiger partial charge in [0.25, 0.3) is 0 Å². The Balaban J connectivity index is 1.51. The number of methoxy groups -OCH3 is 1. The maximum atomic E-state index is 12.2. The lowest BCUT2D eigenvalue weighted by molar-refractivity contribution is -0.116. The van der Waals surface area contributed by atoms with E-state index in [-0.39, 0.29) is 5.91 Å². The molecule has 0 aliphatic carbocycles. The largest absolute Gasteiger partial charge is 0.495 e. The van der Waals surface area contributed by atoms with E-state index in [1.54, 1.807) is 18.4 Å². The van der Waals surface area contributed by atoms with Gasteiger partial charge in [-0.15, -0.1) is 11.3 Å². The van der Waals surface area contributed by atoms with Crippen LogP contribution in [-0.4, -0.2) is 31.1 Å². The molecule has 0 bridgehead atoms. The highest BCUT2D eigenvalue weighted by Crippen LogP contribution is 2.31. The highest BCUT2D eigenvalue weighted by molar-refractivity contribution is 7.15. The third-order valence-corrected chi connectivity index (χ3v) is 5.74. The minimum Gasteiger partial charge on any atom is -0.495 e. The number of thiazole rings is 1. The second-order valence-electron chi connectivity index (χ2n) is 6.11. The fourth-order valence-electron chi connectivity index (χ4n) is 2.94. The zero-order valence-corrected chi connectivity index (χ0v) is 15.8. The molecular weight excluding hydrogens is 358 g/mol. The molecule has 2 N–H and O–H groups in total. The van der Waals surface area contributed by atoms with Gasteiger partial charge in [-0.25, -0.2) is 4.98 Å². The third-order valence-electron chi connectivity index (χ3n) is 4.37. The molecule has 0 radical (unpaired) electrons. The van der Waals surface area contributed by atoms with Crippen molar-refractivity contribution < 1.29 is 9.53 Å². The first-order chi connectivity index (χ1) is 12.2. The van der Waals surface area contributed by atoms with Gasteiger partial charge in [0, 0.05) is 17.5 Å². The van der Waals surface area contributed by atoms with Crippen molar-refractivity contribution in [2.24, 2.45) is 0 Å². The number of ether oxygens (including phenoxy) is 1. The van der Waals surface area contributed by atoms with E-state index in [1.165, 1.54) is 4.88 Å². The van der Waals surface area contributed by atoms with Crippen LogP contribution in [0.4, 0.5) is 5.13 Å². The molecule has 2 heterocycles. The number of benzene rings is 1. The molecule has 1 aliphatic rings. The molecule has 0 unspecified atom stereocenters. The van der Waals surface area contributed by atoms with Crippen molar-refractivity contribution in [2.75, 3.05) is 25.5 Å². The molecule has 3 rings (SSSR count). The highest BCUT2D eigenvalue weighted by Gasteiger charge is 2.18. The second kappa shape index (κ2) is 8.65. The summed E-state index contributed by atoms with van der Waals surface area (Å²) in [6.45, 7) is 2.10. The molecule has 2 aromatic rings. The molecule has 0 spiro atoms. The average molecular weight is 380 g/mol. The number of carbonyl (C=O) groups is 1. The summed E-state index contributed by atoms with van der Waals surface area (Å²) in [4.78, 5) is 17.8. The van der Waals surface area contributed by atoms with E-state index < -0.39 is 0 Å². The number of rotatable bonds is 6. The number of hydrogen-bond donors (Lipinski definition) is 2. The van der Waals surface area contributed by atoms with E-state index in [1.807, 2.05) is 24.4 Å². The van der Waals surface area contributed by atoms with Crippen LogP contribution in [-0.2, 0) is 11.2 Å². The number of amides is 1. The number of carbonyl (C=O) groups excluding carboxylic acids is 1. The average Bonchev–Trinajstić information content (AvgIpc) is 3.09. The van der Waals surface area contributed by atoms with Crippen molar-refractivity contribution in [3.05, 3.63) is 39.9 Å². The van der Waals surface area contributed by atoms with Crippen LogP contribution < -0.4 is 15.4 Å². The summed E-state index contributed by atoms with van der Waals surface area (Å²) in [6, 6.07) is 5.59. The topological polar surface area (TPSA) is 63.2 Å². The van der Waals surface area contributed by atoms with Crippen LogP contribution in [0.2, 0.25) is 5.02 Å². The third kappa shape index (κ3) is 4.93. The zero-order valence-electron chi connectivity index (χ0n) is 14.2. The summed E-state index contributed by atoms with van der Waals surface area (Å²) >= 11 is 7.70. The Morgan fingerprint density at radius 2 is 2.24 bits per heavy atom. The van der Waals surface area contributed by atoms with Gasteiger partial charge >= 0.3 is 0 Å². The zero-order chi connectivity index (χ0) is 17.6. The van der Waals surface area contributed by atoms with Crippen molar-refractivity contribution in [1.82, 2.24) is 10.3 Å². The fraction of sp³-hybridized carbons (Fsp3) is 0.444. The maximum Gasteiger partial charge on any atom is 0.226 e. The van der Waals surface area contributed by atoms with E-state index in [0.29, 0.717) is 34.7 Å². The Kier molecular flexibility index (Phi) is 6.29. The summed E-state index contributed by atoms with van der Waals surface area (Å²) in [5.74, 6) is 1.17. The number of anilines is 1. The Morgan fingerprint density at radius 3 is 2.96 bits per heavy atom. The summed E-state index contributed by atoms with van der Waals surface area (Å²) in [5.41, 5.74) is 1.01. The molecule has 0 atom stereocenters. The van der Waals surface area contributed by atoms with Gasteiger partial charge in [0.15, 0.2) is 5.13 Å². The summed E-state index contributed by atoms with van der Waals surface area (Å²) in [6.07, 6.45) is 5.19. The number of aromatic nitrogens is 1. The van der Waals surface area contributed by atoms with E-state index in [4.69, 9.17) is 16.3 Å². The van der Waals surface area contributed by atoms with Crippen molar-refractivity contribution in [3.63, 3.8) is 0 Å². The van der Waals surface area contributed by atoms with Gasteiger partial charge in [-0.2, -0.15) is 0 Å². The minimum atomic E-state index is -0.0295. The lowest BCUT2D eigenvalue weighted by Crippen LogP contribution is -2.26. The number of hydrogen-bond acceptors (Lipinski definition) is 5. The molecule has 7 heteroatoms. The van der Waals surface area contributed by atoms with Crippen molar-refractivity contribution >= 4 is 34.0 Å². The summed E-state index contributed by atoms with van der Waals surface area (Å²) in [7, 11) is 1.58. The molecule has 1 amide bonds. The van der Waals surface area contributed by atoms with Crippen LogP contribution in [0.25, 0.3) is 0 Å². The monoisotopic (exact) mass is 379 g/mol. The van der Waals surface area contributed by atoms with Gasteiger partial charge in [0.2, 0.25) is 5.91 Å². The smallest absolute Gasteiger partial charge is 0.226 e. The van der Waals surface area contributed by atoms with E-state index in [2.05, 4.69) is 15.6 Å². The molecule has 1 aliphatic heterocycles. The van der Waals surface area contributed by atoms with Crippen LogP contribution >= 0.6 is 22.9 Å². The predicted molar refractivity (Wildman–Crippen MR) is 102 cm³/mol. The van der Waals surface area contributed by atoms with Gasteiger partial charge < -0.3 is 15.4 Å². The van der Waals surface area contributed by atoms with Gasteiger partial charge in [-0.3, -0.25) is 4.79 Å². The molecular formula is C18H22ClN3O2S. The Morgan fingerprint density at radius 1 is 1.44 bits per heavy atom. The predicted octanol–water partition coefficient (Wildman–Crippen LogP) is 3.84. The number of nitrogens with zero attached hydrogens (tertiary/aromatic N) is 1. The van der Waals surface area contributed by atoms with Gasteiger partial charge in [0.1, 0.15) is 5.75 Å². The first kappa shape index (κ1) is 18.2. The number of aryl methyl sites for hydroxylation is 1. The molecule has 1 aromatic heterocycles. The maximum absolute atomic E-state index is 12.2. The Labute approximate surface area is 156 Å². The van der Waals surface area contributed by atoms with Crippen LogP contribution in [0.5, 0.6) is 5.75 Å². The number of piperidine rings is 1. The number of nitrogens with one attached hydrogen (secondary N) is 2. The molecule has 5 nitrogen and oxygen atoms in total.